The molecule has 0 aromatic heterocycles. The van der Waals surface area contributed by atoms with Gasteiger partial charge in [0, 0.05) is 33.2 Å². The third-order valence-corrected chi connectivity index (χ3v) is 4.11. The van der Waals surface area contributed by atoms with Crippen molar-refractivity contribution in [1.29, 1.82) is 0 Å². The fourth-order valence-corrected chi connectivity index (χ4v) is 2.79. The predicted octanol–water partition coefficient (Wildman–Crippen LogP) is 3.16. The van der Waals surface area contributed by atoms with Crippen molar-refractivity contribution >= 4 is 6.09 Å². The highest BCUT2D eigenvalue weighted by Crippen LogP contribution is 2.34. The fraction of sp³-hybridized carbons (Fsp3) is 0.611. The van der Waals surface area contributed by atoms with E-state index in [-0.39, 0.29) is 30.1 Å². The largest absolute Gasteiger partial charge is 0.444 e. The molecule has 26 heavy (non-hydrogen) atoms. The van der Waals surface area contributed by atoms with Crippen molar-refractivity contribution in [1.82, 2.24) is 4.90 Å². The van der Waals surface area contributed by atoms with Gasteiger partial charge in [-0.2, -0.15) is 0 Å². The molecule has 1 aliphatic heterocycles. The number of ether oxygens (including phenoxy) is 3. The Hall–Kier alpha value is -1.77. The number of methoxy groups -OCH3 is 2. The Morgan fingerprint density at radius 3 is 2.12 bits per heavy atom. The van der Waals surface area contributed by atoms with Crippen molar-refractivity contribution in [2.75, 3.05) is 27.3 Å². The summed E-state index contributed by atoms with van der Waals surface area (Å²) in [5.74, 6) is -2.06. The Balaban J connectivity index is 2.05. The topological polar surface area (TPSA) is 68.2 Å². The number of aliphatic hydroxyl groups is 1. The Labute approximate surface area is 151 Å². The molecule has 1 saturated heterocycles. The second kappa shape index (κ2) is 7.85. The monoisotopic (exact) mass is 373 g/mol. The minimum absolute atomic E-state index is 0.101. The lowest BCUT2D eigenvalue weighted by Gasteiger charge is -2.42. The number of nitrogens with zero attached hydrogens (tertiary/aromatic N) is 1. The molecule has 1 aliphatic rings. The quantitative estimate of drug-likeness (QED) is 0.803. The van der Waals surface area contributed by atoms with Crippen LogP contribution in [0.4, 0.5) is 13.6 Å². The molecule has 1 aromatic rings. The van der Waals surface area contributed by atoms with Gasteiger partial charge in [-0.3, -0.25) is 0 Å². The standard InChI is InChI=1S/C18H25F2NO5/c1-18(2,3)26-17(23)21-8-11(9-21)15(22)10-6-12(19)14(13(20)7-10)16(24-4)25-5/h6-7,11,15-16,22H,8-9H2,1-5H3. The number of hydrogen-bond donors (Lipinski definition) is 1. The number of aliphatic hydroxyl groups excluding tert-OH is 1. The predicted molar refractivity (Wildman–Crippen MR) is 89.4 cm³/mol. The van der Waals surface area contributed by atoms with E-state index in [0.717, 1.165) is 12.1 Å². The first-order valence-corrected chi connectivity index (χ1v) is 8.27. The first kappa shape index (κ1) is 20.5. The third-order valence-electron chi connectivity index (χ3n) is 4.11. The second-order valence-corrected chi connectivity index (χ2v) is 7.29. The van der Waals surface area contributed by atoms with Crippen LogP contribution in [-0.4, -0.2) is 49.0 Å². The summed E-state index contributed by atoms with van der Waals surface area (Å²) < 4.78 is 43.6. The lowest BCUT2D eigenvalue weighted by molar-refractivity contribution is -0.109. The minimum Gasteiger partial charge on any atom is -0.444 e. The summed E-state index contributed by atoms with van der Waals surface area (Å²) in [7, 11) is 2.55. The molecule has 6 nitrogen and oxygen atoms in total. The van der Waals surface area contributed by atoms with Crippen molar-refractivity contribution < 1.29 is 32.9 Å². The molecule has 8 heteroatoms. The number of amides is 1. The van der Waals surface area contributed by atoms with E-state index in [1.54, 1.807) is 20.8 Å². The van der Waals surface area contributed by atoms with Crippen molar-refractivity contribution in [3.05, 3.63) is 34.9 Å². The minimum atomic E-state index is -1.17. The van der Waals surface area contributed by atoms with E-state index in [0.29, 0.717) is 0 Å². The van der Waals surface area contributed by atoms with Gasteiger partial charge in [0.05, 0.1) is 11.7 Å². The summed E-state index contributed by atoms with van der Waals surface area (Å²) in [6.07, 6.45) is -2.75. The zero-order valence-corrected chi connectivity index (χ0v) is 15.6. The molecular formula is C18H25F2NO5. The van der Waals surface area contributed by atoms with Crippen LogP contribution >= 0.6 is 0 Å². The van der Waals surface area contributed by atoms with Crippen molar-refractivity contribution in [2.24, 2.45) is 5.92 Å². The second-order valence-electron chi connectivity index (χ2n) is 7.29. The smallest absolute Gasteiger partial charge is 0.410 e. The molecule has 2 rings (SSSR count). The Bertz CT molecular complexity index is 628. The first-order valence-electron chi connectivity index (χ1n) is 8.27. The molecule has 0 saturated carbocycles. The number of hydrogen-bond acceptors (Lipinski definition) is 5. The summed E-state index contributed by atoms with van der Waals surface area (Å²) in [5.41, 5.74) is -0.860. The van der Waals surface area contributed by atoms with E-state index >= 15 is 0 Å². The van der Waals surface area contributed by atoms with Crippen LogP contribution in [0.15, 0.2) is 12.1 Å². The molecule has 1 amide bonds. The molecule has 1 N–H and O–H groups in total. The van der Waals surface area contributed by atoms with E-state index in [1.807, 2.05) is 0 Å². The Morgan fingerprint density at radius 1 is 1.19 bits per heavy atom. The maximum Gasteiger partial charge on any atom is 0.410 e. The highest BCUT2D eigenvalue weighted by Gasteiger charge is 2.38. The average Bonchev–Trinajstić information content (AvgIpc) is 2.47. The molecule has 0 bridgehead atoms. The van der Waals surface area contributed by atoms with Crippen LogP contribution < -0.4 is 0 Å². The molecule has 1 heterocycles. The van der Waals surface area contributed by atoms with Gasteiger partial charge in [-0.25, -0.2) is 13.6 Å². The van der Waals surface area contributed by atoms with Crippen LogP contribution in [0.3, 0.4) is 0 Å². The zero-order chi connectivity index (χ0) is 19.6. The van der Waals surface area contributed by atoms with Crippen LogP contribution in [0.2, 0.25) is 0 Å². The van der Waals surface area contributed by atoms with Crippen LogP contribution in [-0.2, 0) is 14.2 Å². The molecule has 0 spiro atoms. The van der Waals surface area contributed by atoms with Gasteiger partial charge >= 0.3 is 6.09 Å². The molecule has 1 aromatic carbocycles. The first-order chi connectivity index (χ1) is 12.1. The normalized spacial score (nSPS) is 16.6. The van der Waals surface area contributed by atoms with Crippen LogP contribution in [0, 0.1) is 17.6 Å². The number of carbonyl (C=O) groups excluding carboxylic acids is 1. The van der Waals surface area contributed by atoms with E-state index in [2.05, 4.69) is 0 Å². The summed E-state index contributed by atoms with van der Waals surface area (Å²) in [6, 6.07) is 2.12. The van der Waals surface area contributed by atoms with Gasteiger partial charge in [0.1, 0.15) is 17.2 Å². The number of benzene rings is 1. The number of rotatable bonds is 5. The molecule has 0 radical (unpaired) electrons. The summed E-state index contributed by atoms with van der Waals surface area (Å²) in [6.45, 7) is 5.78. The van der Waals surface area contributed by atoms with Crippen molar-refractivity contribution in [3.63, 3.8) is 0 Å². The average molecular weight is 373 g/mol. The molecule has 1 fully saturated rings. The van der Waals surface area contributed by atoms with Gasteiger partial charge in [-0.05, 0) is 38.5 Å². The maximum atomic E-state index is 14.3. The van der Waals surface area contributed by atoms with E-state index in [9.17, 15) is 18.7 Å². The SMILES string of the molecule is COC(OC)c1c(F)cc(C(O)C2CN(C(=O)OC(C)(C)C)C2)cc1F. The van der Waals surface area contributed by atoms with Crippen molar-refractivity contribution in [3.8, 4) is 0 Å². The summed E-state index contributed by atoms with van der Waals surface area (Å²) >= 11 is 0. The molecule has 1 atom stereocenters. The van der Waals surface area contributed by atoms with E-state index in [4.69, 9.17) is 14.2 Å². The van der Waals surface area contributed by atoms with Crippen LogP contribution in [0.25, 0.3) is 0 Å². The summed E-state index contributed by atoms with van der Waals surface area (Å²) in [5, 5.41) is 10.4. The van der Waals surface area contributed by atoms with Gasteiger partial charge in [-0.1, -0.05) is 0 Å². The van der Waals surface area contributed by atoms with E-state index in [1.165, 1.54) is 19.1 Å². The number of carbonyl (C=O) groups is 1. The zero-order valence-electron chi connectivity index (χ0n) is 15.6. The highest BCUT2D eigenvalue weighted by molar-refractivity contribution is 5.69. The highest BCUT2D eigenvalue weighted by atomic mass is 19.1. The van der Waals surface area contributed by atoms with Crippen LogP contribution in [0.5, 0.6) is 0 Å². The molecule has 146 valence electrons. The third kappa shape index (κ3) is 4.49. The van der Waals surface area contributed by atoms with Gasteiger partial charge in [0.25, 0.3) is 0 Å². The Morgan fingerprint density at radius 2 is 1.69 bits per heavy atom. The molecule has 0 aliphatic carbocycles. The number of halogens is 2. The van der Waals surface area contributed by atoms with E-state index < -0.39 is 35.7 Å². The van der Waals surface area contributed by atoms with Gasteiger partial charge < -0.3 is 24.2 Å². The summed E-state index contributed by atoms with van der Waals surface area (Å²) in [4.78, 5) is 13.4. The van der Waals surface area contributed by atoms with Crippen molar-refractivity contribution in [2.45, 2.75) is 38.8 Å². The van der Waals surface area contributed by atoms with Gasteiger partial charge in [-0.15, -0.1) is 0 Å². The molecule has 1 unspecified atom stereocenters. The fourth-order valence-electron chi connectivity index (χ4n) is 2.79. The number of likely N-dealkylation sites (tertiary alicyclic amines) is 1. The van der Waals surface area contributed by atoms with Gasteiger partial charge in [0.2, 0.25) is 0 Å². The Kier molecular flexibility index (Phi) is 6.21. The maximum absolute atomic E-state index is 14.3. The lowest BCUT2D eigenvalue weighted by Crippen LogP contribution is -2.53. The molecular weight excluding hydrogens is 348 g/mol. The van der Waals surface area contributed by atoms with Gasteiger partial charge in [0.15, 0.2) is 6.29 Å². The lowest BCUT2D eigenvalue weighted by atomic mass is 9.89. The van der Waals surface area contributed by atoms with Crippen LogP contribution in [0.1, 0.15) is 44.3 Å².